The van der Waals surface area contributed by atoms with Crippen LogP contribution in [0.25, 0.3) is 0 Å². The Balaban J connectivity index is 1.77. The van der Waals surface area contributed by atoms with E-state index in [0.29, 0.717) is 12.2 Å². The van der Waals surface area contributed by atoms with E-state index in [4.69, 9.17) is 5.11 Å². The van der Waals surface area contributed by atoms with Gasteiger partial charge in [-0.05, 0) is 25.9 Å². The van der Waals surface area contributed by atoms with Crippen LogP contribution in [0.15, 0.2) is 12.5 Å². The number of hydrogen-bond donors (Lipinski definition) is 2. The highest BCUT2D eigenvalue weighted by Gasteiger charge is 2.12. The number of carboxylic acids is 1. The fourth-order valence-electron chi connectivity index (χ4n) is 2.12. The van der Waals surface area contributed by atoms with E-state index in [1.807, 2.05) is 0 Å². The maximum atomic E-state index is 10.9. The molecule has 98 valence electrons. The lowest BCUT2D eigenvalue weighted by Crippen LogP contribution is -2.30. The predicted octanol–water partition coefficient (Wildman–Crippen LogP) is 0.360. The van der Waals surface area contributed by atoms with Crippen LogP contribution in [0.2, 0.25) is 0 Å². The summed E-state index contributed by atoms with van der Waals surface area (Å²) in [5.41, 5.74) is 0.713. The summed E-state index contributed by atoms with van der Waals surface area (Å²) in [7, 11) is 0. The summed E-state index contributed by atoms with van der Waals surface area (Å²) in [6.07, 6.45) is 5.29. The summed E-state index contributed by atoms with van der Waals surface area (Å²) in [5.74, 6) is -0.980. The summed E-state index contributed by atoms with van der Waals surface area (Å²) in [5, 5.41) is 12.2. The topological polar surface area (TPSA) is 78.3 Å². The third kappa shape index (κ3) is 3.48. The lowest BCUT2D eigenvalue weighted by Gasteiger charge is -2.14. The van der Waals surface area contributed by atoms with Crippen LogP contribution in [0.5, 0.6) is 0 Å². The lowest BCUT2D eigenvalue weighted by atomic mass is 10.2. The highest BCUT2D eigenvalue weighted by atomic mass is 16.4. The largest absolute Gasteiger partial charge is 0.478 e. The molecule has 0 bridgehead atoms. The van der Waals surface area contributed by atoms with Crippen molar-refractivity contribution in [2.75, 3.05) is 26.2 Å². The van der Waals surface area contributed by atoms with Crippen molar-refractivity contribution < 1.29 is 9.90 Å². The molecule has 0 amide bonds. The van der Waals surface area contributed by atoms with Crippen molar-refractivity contribution >= 4 is 5.97 Å². The predicted molar refractivity (Wildman–Crippen MR) is 66.4 cm³/mol. The maximum Gasteiger partial charge on any atom is 0.339 e. The van der Waals surface area contributed by atoms with Gasteiger partial charge in [0.25, 0.3) is 0 Å². The Bertz CT molecular complexity index is 405. The molecule has 1 aromatic rings. The van der Waals surface area contributed by atoms with Gasteiger partial charge in [0.1, 0.15) is 11.9 Å². The average Bonchev–Trinajstić information content (AvgIpc) is 2.88. The summed E-state index contributed by atoms with van der Waals surface area (Å²) >= 11 is 0. The third-order valence-electron chi connectivity index (χ3n) is 3.12. The van der Waals surface area contributed by atoms with Crippen LogP contribution in [-0.4, -0.2) is 52.1 Å². The average molecular weight is 250 g/mol. The monoisotopic (exact) mass is 250 g/mol. The van der Waals surface area contributed by atoms with Crippen molar-refractivity contribution in [1.82, 2.24) is 20.2 Å². The normalized spacial score (nSPS) is 16.0. The van der Waals surface area contributed by atoms with Crippen molar-refractivity contribution in [2.45, 2.75) is 19.4 Å². The maximum absolute atomic E-state index is 10.9. The highest BCUT2D eigenvalue weighted by molar-refractivity contribution is 5.88. The molecule has 0 atom stereocenters. The van der Waals surface area contributed by atoms with Gasteiger partial charge in [0.2, 0.25) is 0 Å². The summed E-state index contributed by atoms with van der Waals surface area (Å²) in [6.45, 7) is 4.68. The molecule has 1 aromatic heterocycles. The third-order valence-corrected chi connectivity index (χ3v) is 3.12. The van der Waals surface area contributed by atoms with Gasteiger partial charge in [0.15, 0.2) is 0 Å². The number of aromatic nitrogens is 2. The number of likely N-dealkylation sites (tertiary alicyclic amines) is 1. The van der Waals surface area contributed by atoms with E-state index in [-0.39, 0.29) is 5.56 Å². The molecule has 2 heterocycles. The molecule has 0 unspecified atom stereocenters. The fraction of sp³-hybridized carbons (Fsp3) is 0.583. The minimum absolute atomic E-state index is 0.172. The molecule has 18 heavy (non-hydrogen) atoms. The summed E-state index contributed by atoms with van der Waals surface area (Å²) in [4.78, 5) is 21.1. The minimum Gasteiger partial charge on any atom is -0.478 e. The van der Waals surface area contributed by atoms with E-state index < -0.39 is 5.97 Å². The van der Waals surface area contributed by atoms with Gasteiger partial charge >= 0.3 is 5.97 Å². The zero-order chi connectivity index (χ0) is 12.8. The Kier molecular flexibility index (Phi) is 4.60. The standard InChI is InChI=1S/C12H18N4O2/c17-12(18)10-7-14-9-15-11(10)8-13-3-6-16-4-1-2-5-16/h7,9,13H,1-6,8H2,(H,17,18). The number of nitrogens with one attached hydrogen (secondary N) is 1. The molecule has 1 saturated heterocycles. The first-order valence-corrected chi connectivity index (χ1v) is 6.22. The number of rotatable bonds is 6. The van der Waals surface area contributed by atoms with Crippen molar-refractivity contribution in [3.05, 3.63) is 23.8 Å². The highest BCUT2D eigenvalue weighted by Crippen LogP contribution is 2.06. The van der Waals surface area contributed by atoms with Crippen molar-refractivity contribution in [2.24, 2.45) is 0 Å². The number of nitrogens with zero attached hydrogens (tertiary/aromatic N) is 3. The van der Waals surface area contributed by atoms with Gasteiger partial charge in [-0.1, -0.05) is 0 Å². The molecule has 2 rings (SSSR count). The molecule has 0 saturated carbocycles. The molecule has 0 aliphatic carbocycles. The van der Waals surface area contributed by atoms with Gasteiger partial charge in [-0.25, -0.2) is 14.8 Å². The molecule has 1 aliphatic heterocycles. The van der Waals surface area contributed by atoms with Crippen LogP contribution in [0.3, 0.4) is 0 Å². The Morgan fingerprint density at radius 3 is 2.94 bits per heavy atom. The van der Waals surface area contributed by atoms with Gasteiger partial charge in [-0.2, -0.15) is 0 Å². The number of hydrogen-bond acceptors (Lipinski definition) is 5. The lowest BCUT2D eigenvalue weighted by molar-refractivity contribution is 0.0694. The molecule has 2 N–H and O–H groups in total. The molecule has 0 radical (unpaired) electrons. The molecular weight excluding hydrogens is 232 g/mol. The Labute approximate surface area is 106 Å². The first-order valence-electron chi connectivity index (χ1n) is 6.22. The van der Waals surface area contributed by atoms with E-state index in [2.05, 4.69) is 20.2 Å². The molecule has 6 nitrogen and oxygen atoms in total. The molecular formula is C12H18N4O2. The number of aromatic carboxylic acids is 1. The second-order valence-electron chi connectivity index (χ2n) is 4.41. The zero-order valence-electron chi connectivity index (χ0n) is 10.3. The Hall–Kier alpha value is -1.53. The summed E-state index contributed by atoms with van der Waals surface area (Å²) in [6, 6.07) is 0. The van der Waals surface area contributed by atoms with E-state index in [9.17, 15) is 4.79 Å². The SMILES string of the molecule is O=C(O)c1cncnc1CNCCN1CCCC1. The second-order valence-corrected chi connectivity index (χ2v) is 4.41. The van der Waals surface area contributed by atoms with Crippen LogP contribution in [0.4, 0.5) is 0 Å². The fourth-order valence-corrected chi connectivity index (χ4v) is 2.12. The first kappa shape index (κ1) is 12.9. The van der Waals surface area contributed by atoms with E-state index in [1.54, 1.807) is 0 Å². The molecule has 1 fully saturated rings. The van der Waals surface area contributed by atoms with Gasteiger partial charge in [0, 0.05) is 25.8 Å². The first-order chi connectivity index (χ1) is 8.77. The number of carbonyl (C=O) groups is 1. The van der Waals surface area contributed by atoms with E-state index in [1.165, 1.54) is 38.5 Å². The number of carboxylic acid groups (broad SMARTS) is 1. The Morgan fingerprint density at radius 1 is 1.44 bits per heavy atom. The van der Waals surface area contributed by atoms with Crippen LogP contribution < -0.4 is 5.32 Å². The van der Waals surface area contributed by atoms with E-state index in [0.717, 1.165) is 13.1 Å². The van der Waals surface area contributed by atoms with Gasteiger partial charge in [-0.3, -0.25) is 0 Å². The molecule has 0 aromatic carbocycles. The van der Waals surface area contributed by atoms with Crippen LogP contribution in [0, 0.1) is 0 Å². The van der Waals surface area contributed by atoms with Crippen LogP contribution in [-0.2, 0) is 6.54 Å². The van der Waals surface area contributed by atoms with Crippen LogP contribution in [0.1, 0.15) is 28.9 Å². The van der Waals surface area contributed by atoms with Crippen LogP contribution >= 0.6 is 0 Å². The van der Waals surface area contributed by atoms with Gasteiger partial charge in [0.05, 0.1) is 5.69 Å². The van der Waals surface area contributed by atoms with Crippen molar-refractivity contribution in [3.8, 4) is 0 Å². The van der Waals surface area contributed by atoms with Crippen molar-refractivity contribution in [1.29, 1.82) is 0 Å². The minimum atomic E-state index is -0.980. The zero-order valence-corrected chi connectivity index (χ0v) is 10.3. The smallest absolute Gasteiger partial charge is 0.339 e. The van der Waals surface area contributed by atoms with Crippen molar-refractivity contribution in [3.63, 3.8) is 0 Å². The van der Waals surface area contributed by atoms with Gasteiger partial charge < -0.3 is 15.3 Å². The second kappa shape index (κ2) is 6.42. The molecule has 0 spiro atoms. The quantitative estimate of drug-likeness (QED) is 0.710. The molecule has 6 heteroatoms. The Morgan fingerprint density at radius 2 is 2.22 bits per heavy atom. The molecule has 1 aliphatic rings. The summed E-state index contributed by atoms with van der Waals surface area (Å²) < 4.78 is 0. The van der Waals surface area contributed by atoms with Gasteiger partial charge in [-0.15, -0.1) is 0 Å². The van der Waals surface area contributed by atoms with E-state index >= 15 is 0 Å².